The van der Waals surface area contributed by atoms with Crippen LogP contribution in [0.5, 0.6) is 0 Å². The first-order valence-corrected chi connectivity index (χ1v) is 7.96. The van der Waals surface area contributed by atoms with Crippen molar-refractivity contribution < 1.29 is 8.42 Å². The first-order chi connectivity index (χ1) is 9.18. The van der Waals surface area contributed by atoms with Gasteiger partial charge in [0.05, 0.1) is 4.90 Å². The molecule has 0 amide bonds. The highest BCUT2D eigenvalue weighted by atomic mass is 32.2. The van der Waals surface area contributed by atoms with E-state index >= 15 is 0 Å². The summed E-state index contributed by atoms with van der Waals surface area (Å²) in [6.45, 7) is 6.47. The number of nitrogens with two attached hydrogens (primary N) is 1. The standard InChI is InChI=1S/C16H19NO2S/c1-16(2,3)14-9-7-12(8-10-14)13-5-4-6-15(11-13)20(17,18)19/h4-11H,1-3H3,(H2,17,18,19). The van der Waals surface area contributed by atoms with Gasteiger partial charge in [-0.15, -0.1) is 0 Å². The molecule has 0 aliphatic carbocycles. The lowest BCUT2D eigenvalue weighted by atomic mass is 9.86. The van der Waals surface area contributed by atoms with Crippen LogP contribution in [0.25, 0.3) is 11.1 Å². The van der Waals surface area contributed by atoms with E-state index in [0.717, 1.165) is 11.1 Å². The molecule has 0 bridgehead atoms. The Bertz CT molecular complexity index is 711. The molecular formula is C16H19NO2S. The van der Waals surface area contributed by atoms with Crippen LogP contribution in [0.2, 0.25) is 0 Å². The van der Waals surface area contributed by atoms with Crippen LogP contribution in [-0.2, 0) is 15.4 Å². The highest BCUT2D eigenvalue weighted by molar-refractivity contribution is 7.89. The van der Waals surface area contributed by atoms with Gasteiger partial charge < -0.3 is 0 Å². The highest BCUT2D eigenvalue weighted by Crippen LogP contribution is 2.27. The predicted octanol–water partition coefficient (Wildman–Crippen LogP) is 3.30. The molecule has 2 N–H and O–H groups in total. The molecular weight excluding hydrogens is 270 g/mol. The van der Waals surface area contributed by atoms with Crippen molar-refractivity contribution in [1.29, 1.82) is 0 Å². The number of primary sulfonamides is 1. The van der Waals surface area contributed by atoms with Crippen LogP contribution in [0.3, 0.4) is 0 Å². The molecule has 0 spiro atoms. The van der Waals surface area contributed by atoms with E-state index in [-0.39, 0.29) is 10.3 Å². The Balaban J connectivity index is 2.43. The van der Waals surface area contributed by atoms with Gasteiger partial charge in [-0.25, -0.2) is 13.6 Å². The summed E-state index contributed by atoms with van der Waals surface area (Å²) >= 11 is 0. The quantitative estimate of drug-likeness (QED) is 0.922. The summed E-state index contributed by atoms with van der Waals surface area (Å²) in [6.07, 6.45) is 0. The maximum Gasteiger partial charge on any atom is 0.238 e. The summed E-state index contributed by atoms with van der Waals surface area (Å²) in [7, 11) is -3.66. The van der Waals surface area contributed by atoms with E-state index in [1.807, 2.05) is 18.2 Å². The number of rotatable bonds is 2. The molecule has 0 radical (unpaired) electrons. The summed E-state index contributed by atoms with van der Waals surface area (Å²) in [5, 5.41) is 5.16. The van der Waals surface area contributed by atoms with Crippen molar-refractivity contribution in [3.05, 3.63) is 54.1 Å². The number of hydrogen-bond acceptors (Lipinski definition) is 2. The zero-order valence-corrected chi connectivity index (χ0v) is 12.7. The summed E-state index contributed by atoms with van der Waals surface area (Å²) in [5.41, 5.74) is 3.16. The van der Waals surface area contributed by atoms with E-state index in [1.165, 1.54) is 11.6 Å². The lowest BCUT2D eigenvalue weighted by molar-refractivity contribution is 0.590. The van der Waals surface area contributed by atoms with Gasteiger partial charge >= 0.3 is 0 Å². The van der Waals surface area contributed by atoms with E-state index in [2.05, 4.69) is 32.9 Å². The molecule has 3 nitrogen and oxygen atoms in total. The average Bonchev–Trinajstić information content (AvgIpc) is 2.37. The fourth-order valence-electron chi connectivity index (χ4n) is 2.02. The van der Waals surface area contributed by atoms with Gasteiger partial charge in [-0.3, -0.25) is 0 Å². The van der Waals surface area contributed by atoms with Crippen molar-refractivity contribution in [3.63, 3.8) is 0 Å². The van der Waals surface area contributed by atoms with Crippen molar-refractivity contribution in [2.45, 2.75) is 31.1 Å². The third kappa shape index (κ3) is 3.26. The predicted molar refractivity (Wildman–Crippen MR) is 82.0 cm³/mol. The van der Waals surface area contributed by atoms with Crippen molar-refractivity contribution in [2.24, 2.45) is 5.14 Å². The third-order valence-electron chi connectivity index (χ3n) is 3.25. The smallest absolute Gasteiger partial charge is 0.225 e. The van der Waals surface area contributed by atoms with Crippen LogP contribution in [0.4, 0.5) is 0 Å². The first-order valence-electron chi connectivity index (χ1n) is 6.42. The molecule has 2 aromatic rings. The topological polar surface area (TPSA) is 60.2 Å². The van der Waals surface area contributed by atoms with Crippen molar-refractivity contribution in [2.75, 3.05) is 0 Å². The summed E-state index contributed by atoms with van der Waals surface area (Å²) in [6, 6.07) is 14.8. The minimum absolute atomic E-state index is 0.0982. The van der Waals surface area contributed by atoms with Crippen molar-refractivity contribution >= 4 is 10.0 Å². The maximum atomic E-state index is 11.4. The molecule has 0 saturated carbocycles. The van der Waals surface area contributed by atoms with Crippen molar-refractivity contribution in [1.82, 2.24) is 0 Å². The number of sulfonamides is 1. The minimum Gasteiger partial charge on any atom is -0.225 e. The van der Waals surface area contributed by atoms with Crippen LogP contribution in [-0.4, -0.2) is 8.42 Å². The molecule has 0 fully saturated rings. The van der Waals surface area contributed by atoms with E-state index < -0.39 is 10.0 Å². The highest BCUT2D eigenvalue weighted by Gasteiger charge is 2.13. The zero-order valence-electron chi connectivity index (χ0n) is 11.9. The molecule has 0 aromatic heterocycles. The van der Waals surface area contributed by atoms with Gasteiger partial charge in [0.2, 0.25) is 10.0 Å². The molecule has 2 aromatic carbocycles. The normalized spacial score (nSPS) is 12.4. The summed E-state index contributed by atoms with van der Waals surface area (Å²) in [5.74, 6) is 0. The van der Waals surface area contributed by atoms with Crippen molar-refractivity contribution in [3.8, 4) is 11.1 Å². The Morgan fingerprint density at radius 3 is 2.00 bits per heavy atom. The summed E-state index contributed by atoms with van der Waals surface area (Å²) < 4.78 is 22.8. The lowest BCUT2D eigenvalue weighted by Crippen LogP contribution is -2.12. The Morgan fingerprint density at radius 2 is 1.50 bits per heavy atom. The van der Waals surface area contributed by atoms with Gasteiger partial charge in [-0.2, -0.15) is 0 Å². The molecule has 0 atom stereocenters. The fraction of sp³-hybridized carbons (Fsp3) is 0.250. The second kappa shape index (κ2) is 5.04. The number of benzene rings is 2. The molecule has 106 valence electrons. The Kier molecular flexibility index (Phi) is 3.71. The first kappa shape index (κ1) is 14.8. The van der Waals surface area contributed by atoms with Gasteiger partial charge in [0, 0.05) is 0 Å². The molecule has 4 heteroatoms. The van der Waals surface area contributed by atoms with Crippen LogP contribution >= 0.6 is 0 Å². The molecule has 0 unspecified atom stereocenters. The van der Waals surface area contributed by atoms with Gasteiger partial charge in [0.25, 0.3) is 0 Å². The SMILES string of the molecule is CC(C)(C)c1ccc(-c2cccc(S(N)(=O)=O)c2)cc1. The Labute approximate surface area is 120 Å². The molecule has 0 aliphatic heterocycles. The average molecular weight is 289 g/mol. The van der Waals surface area contributed by atoms with Crippen LogP contribution in [0, 0.1) is 0 Å². The largest absolute Gasteiger partial charge is 0.238 e. The van der Waals surface area contributed by atoms with Crippen LogP contribution in [0.15, 0.2) is 53.4 Å². The Hall–Kier alpha value is -1.65. The summed E-state index contributed by atoms with van der Waals surface area (Å²) in [4.78, 5) is 0.134. The van der Waals surface area contributed by atoms with Gasteiger partial charge in [0.1, 0.15) is 0 Å². The van der Waals surface area contributed by atoms with E-state index in [4.69, 9.17) is 5.14 Å². The Morgan fingerprint density at radius 1 is 0.900 bits per heavy atom. The van der Waals surface area contributed by atoms with Gasteiger partial charge in [0.15, 0.2) is 0 Å². The maximum absolute atomic E-state index is 11.4. The van der Waals surface area contributed by atoms with Crippen LogP contribution in [0.1, 0.15) is 26.3 Å². The fourth-order valence-corrected chi connectivity index (χ4v) is 2.57. The molecule has 0 aliphatic rings. The van der Waals surface area contributed by atoms with E-state index in [1.54, 1.807) is 12.1 Å². The monoisotopic (exact) mass is 289 g/mol. The van der Waals surface area contributed by atoms with E-state index in [0.29, 0.717) is 0 Å². The second-order valence-corrected chi connectivity index (χ2v) is 7.46. The minimum atomic E-state index is -3.66. The number of hydrogen-bond donors (Lipinski definition) is 1. The molecule has 0 saturated heterocycles. The van der Waals surface area contributed by atoms with Gasteiger partial charge in [-0.05, 0) is 34.2 Å². The van der Waals surface area contributed by atoms with E-state index in [9.17, 15) is 8.42 Å². The van der Waals surface area contributed by atoms with Crippen LogP contribution < -0.4 is 5.14 Å². The molecule has 0 heterocycles. The molecule has 2 rings (SSSR count). The molecule has 20 heavy (non-hydrogen) atoms. The zero-order chi connectivity index (χ0) is 15.0. The second-order valence-electron chi connectivity index (χ2n) is 5.90. The third-order valence-corrected chi connectivity index (χ3v) is 4.16. The van der Waals surface area contributed by atoms with Gasteiger partial charge in [-0.1, -0.05) is 57.2 Å². The lowest BCUT2D eigenvalue weighted by Gasteiger charge is -2.19.